The van der Waals surface area contributed by atoms with Crippen LogP contribution in [0.4, 0.5) is 0 Å². The molecule has 3 nitrogen and oxygen atoms in total. The Kier molecular flexibility index (Phi) is 3.80. The summed E-state index contributed by atoms with van der Waals surface area (Å²) in [5, 5.41) is 10.3. The Morgan fingerprint density at radius 1 is 1.53 bits per heavy atom. The highest BCUT2D eigenvalue weighted by molar-refractivity contribution is 7.97. The van der Waals surface area contributed by atoms with Crippen molar-refractivity contribution in [3.63, 3.8) is 0 Å². The van der Waals surface area contributed by atoms with E-state index in [1.165, 1.54) is 4.88 Å². The molecule has 15 heavy (non-hydrogen) atoms. The minimum atomic E-state index is 0.919. The Hall–Kier alpha value is -0.810. The summed E-state index contributed by atoms with van der Waals surface area (Å²) in [6, 6.07) is 4.24. The molecule has 5 heteroatoms. The molecule has 0 saturated heterocycles. The van der Waals surface area contributed by atoms with Gasteiger partial charge in [0.15, 0.2) is 0 Å². The van der Waals surface area contributed by atoms with Crippen LogP contribution in [0.2, 0.25) is 0 Å². The van der Waals surface area contributed by atoms with Crippen molar-refractivity contribution in [1.29, 1.82) is 0 Å². The third-order valence-electron chi connectivity index (χ3n) is 2.05. The van der Waals surface area contributed by atoms with Gasteiger partial charge in [-0.2, -0.15) is 11.8 Å². The number of thioether (sulfide) groups is 1. The van der Waals surface area contributed by atoms with E-state index in [-0.39, 0.29) is 0 Å². The van der Waals surface area contributed by atoms with Crippen LogP contribution in [0.1, 0.15) is 10.6 Å². The number of hydrogen-bond donors (Lipinski definition) is 0. The van der Waals surface area contributed by atoms with Crippen LogP contribution in [0.15, 0.2) is 23.7 Å². The molecule has 0 aromatic carbocycles. The van der Waals surface area contributed by atoms with Crippen molar-refractivity contribution in [3.05, 3.63) is 34.3 Å². The maximum atomic E-state index is 4.10. The van der Waals surface area contributed by atoms with E-state index in [0.717, 1.165) is 24.4 Å². The molecule has 2 aromatic heterocycles. The summed E-state index contributed by atoms with van der Waals surface area (Å²) in [4.78, 5) is 1.40. The van der Waals surface area contributed by atoms with Crippen LogP contribution in [0, 0.1) is 0 Å². The fourth-order valence-corrected chi connectivity index (χ4v) is 2.47. The van der Waals surface area contributed by atoms with E-state index in [1.54, 1.807) is 23.1 Å². The van der Waals surface area contributed by atoms with E-state index in [9.17, 15) is 0 Å². The highest BCUT2D eigenvalue weighted by atomic mass is 32.2. The topological polar surface area (TPSA) is 30.7 Å². The Morgan fingerprint density at radius 3 is 3.20 bits per heavy atom. The van der Waals surface area contributed by atoms with Gasteiger partial charge in [0.1, 0.15) is 0 Å². The number of aromatic nitrogens is 3. The van der Waals surface area contributed by atoms with Gasteiger partial charge in [-0.05, 0) is 17.7 Å². The average molecular weight is 239 g/mol. The molecule has 0 unspecified atom stereocenters. The molecule has 0 aliphatic carbocycles. The molecule has 2 heterocycles. The number of rotatable bonds is 5. The molecule has 0 radical (unpaired) electrons. The molecule has 0 saturated carbocycles. The minimum absolute atomic E-state index is 0.919. The monoisotopic (exact) mass is 239 g/mol. The number of nitrogens with zero attached hydrogens (tertiary/aromatic N) is 3. The van der Waals surface area contributed by atoms with Crippen LogP contribution in [0.25, 0.3) is 0 Å². The zero-order valence-electron chi connectivity index (χ0n) is 8.59. The first-order chi connectivity index (χ1) is 7.38. The predicted octanol–water partition coefficient (Wildman–Crippen LogP) is 2.45. The first-order valence-electron chi connectivity index (χ1n) is 4.79. The van der Waals surface area contributed by atoms with Crippen molar-refractivity contribution >= 4 is 23.1 Å². The zero-order chi connectivity index (χ0) is 10.5. The van der Waals surface area contributed by atoms with Crippen molar-refractivity contribution in [1.82, 2.24) is 15.0 Å². The van der Waals surface area contributed by atoms with Crippen molar-refractivity contribution in [2.75, 3.05) is 6.26 Å². The van der Waals surface area contributed by atoms with Gasteiger partial charge < -0.3 is 0 Å². The molecule has 0 amide bonds. The van der Waals surface area contributed by atoms with E-state index < -0.39 is 0 Å². The molecule has 0 aliphatic heterocycles. The fraction of sp³-hybridized carbons (Fsp3) is 0.400. The summed E-state index contributed by atoms with van der Waals surface area (Å²) in [5.41, 5.74) is 1.06. The molecule has 0 atom stereocenters. The van der Waals surface area contributed by atoms with Gasteiger partial charge in [-0.3, -0.25) is 4.68 Å². The molecule has 0 bridgehead atoms. The van der Waals surface area contributed by atoms with Gasteiger partial charge in [-0.25, -0.2) is 0 Å². The maximum absolute atomic E-state index is 4.10. The summed E-state index contributed by atoms with van der Waals surface area (Å²) in [6.45, 7) is 0.919. The molecule has 0 fully saturated rings. The third-order valence-corrected chi connectivity index (χ3v) is 3.57. The lowest BCUT2D eigenvalue weighted by Gasteiger charge is -1.96. The van der Waals surface area contributed by atoms with Crippen LogP contribution in [-0.2, 0) is 18.7 Å². The van der Waals surface area contributed by atoms with Gasteiger partial charge in [-0.15, -0.1) is 16.4 Å². The Morgan fingerprint density at radius 2 is 2.47 bits per heavy atom. The largest absolute Gasteiger partial charge is 0.252 e. The van der Waals surface area contributed by atoms with E-state index >= 15 is 0 Å². The number of hydrogen-bond acceptors (Lipinski definition) is 4. The molecule has 2 aromatic rings. The van der Waals surface area contributed by atoms with Crippen molar-refractivity contribution in [2.24, 2.45) is 0 Å². The highest BCUT2D eigenvalue weighted by Gasteiger charge is 2.00. The summed E-state index contributed by atoms with van der Waals surface area (Å²) in [5.74, 6) is 0.943. The van der Waals surface area contributed by atoms with E-state index in [1.807, 2.05) is 10.9 Å². The van der Waals surface area contributed by atoms with Gasteiger partial charge in [0.25, 0.3) is 0 Å². The zero-order valence-corrected chi connectivity index (χ0v) is 10.2. The minimum Gasteiger partial charge on any atom is -0.252 e. The first kappa shape index (κ1) is 10.7. The van der Waals surface area contributed by atoms with Crippen molar-refractivity contribution in [2.45, 2.75) is 18.7 Å². The van der Waals surface area contributed by atoms with Gasteiger partial charge >= 0.3 is 0 Å². The van der Waals surface area contributed by atoms with Crippen LogP contribution in [-0.4, -0.2) is 21.2 Å². The van der Waals surface area contributed by atoms with Crippen LogP contribution >= 0.6 is 23.1 Å². The Balaban J connectivity index is 1.88. The molecular formula is C10H13N3S2. The van der Waals surface area contributed by atoms with Gasteiger partial charge in [-0.1, -0.05) is 11.3 Å². The molecule has 0 aliphatic rings. The van der Waals surface area contributed by atoms with Crippen molar-refractivity contribution in [3.8, 4) is 0 Å². The van der Waals surface area contributed by atoms with Gasteiger partial charge in [0.05, 0.1) is 5.69 Å². The standard InChI is InChI=1S/C10H13N3S2/c1-14-8-9-7-13(12-11-9)5-4-10-3-2-6-15-10/h2-3,6-7H,4-5,8H2,1H3. The predicted molar refractivity (Wildman–Crippen MR) is 65.3 cm³/mol. The molecule has 80 valence electrons. The highest BCUT2D eigenvalue weighted by Crippen LogP contribution is 2.10. The second-order valence-electron chi connectivity index (χ2n) is 3.24. The molecule has 2 rings (SSSR count). The number of thiophene rings is 1. The summed E-state index contributed by atoms with van der Waals surface area (Å²) in [7, 11) is 0. The molecule has 0 spiro atoms. The van der Waals surface area contributed by atoms with Crippen LogP contribution in [0.3, 0.4) is 0 Å². The van der Waals surface area contributed by atoms with Gasteiger partial charge in [0, 0.05) is 29.8 Å². The van der Waals surface area contributed by atoms with Gasteiger partial charge in [0.2, 0.25) is 0 Å². The van der Waals surface area contributed by atoms with E-state index in [2.05, 4.69) is 34.1 Å². The Labute approximate surface area is 97.5 Å². The summed E-state index contributed by atoms with van der Waals surface area (Å²) < 4.78 is 1.92. The van der Waals surface area contributed by atoms with Crippen LogP contribution < -0.4 is 0 Å². The Bertz CT molecular complexity index is 394. The SMILES string of the molecule is CSCc1cn(CCc2cccs2)nn1. The summed E-state index contributed by atoms with van der Waals surface area (Å²) >= 11 is 3.56. The van der Waals surface area contributed by atoms with E-state index in [0.29, 0.717) is 0 Å². The fourth-order valence-electron chi connectivity index (χ4n) is 1.34. The maximum Gasteiger partial charge on any atom is 0.0925 e. The van der Waals surface area contributed by atoms with Crippen LogP contribution in [0.5, 0.6) is 0 Å². The normalized spacial score (nSPS) is 10.7. The van der Waals surface area contributed by atoms with E-state index in [4.69, 9.17) is 0 Å². The second kappa shape index (κ2) is 5.32. The lowest BCUT2D eigenvalue weighted by atomic mass is 10.3. The quantitative estimate of drug-likeness (QED) is 0.803. The molecule has 0 N–H and O–H groups in total. The van der Waals surface area contributed by atoms with Crippen molar-refractivity contribution < 1.29 is 0 Å². The average Bonchev–Trinajstić information content (AvgIpc) is 2.85. The number of aryl methyl sites for hydroxylation is 2. The summed E-state index contributed by atoms with van der Waals surface area (Å²) in [6.07, 6.45) is 5.15. The lowest BCUT2D eigenvalue weighted by Crippen LogP contribution is -2.00. The third kappa shape index (κ3) is 3.07. The smallest absolute Gasteiger partial charge is 0.0925 e. The second-order valence-corrected chi connectivity index (χ2v) is 5.13. The lowest BCUT2D eigenvalue weighted by molar-refractivity contribution is 0.592. The first-order valence-corrected chi connectivity index (χ1v) is 7.06. The molecular weight excluding hydrogens is 226 g/mol.